The molecule has 0 unspecified atom stereocenters. The number of nitrogens with one attached hydrogen (secondary N) is 1. The van der Waals surface area contributed by atoms with Crippen LogP contribution in [-0.2, 0) is 0 Å². The molecule has 0 aliphatic rings. The van der Waals surface area contributed by atoms with Gasteiger partial charge in [0, 0.05) is 11.0 Å². The van der Waals surface area contributed by atoms with Crippen LogP contribution in [-0.4, -0.2) is 4.98 Å². The Morgan fingerprint density at radius 1 is 1.21 bits per heavy atom. The number of H-pyrrole nitrogens is 1. The van der Waals surface area contributed by atoms with E-state index in [1.165, 1.54) is 10.9 Å². The molecule has 0 aliphatic carbocycles. The highest BCUT2D eigenvalue weighted by Gasteiger charge is 1.99. The standard InChI is InChI=1S/C13H17N/c1-5-7-11-9-13(10(3)4)14-12(11)8-6-2/h5-10,14H,1-2H2,3-4H3/b11-7-,12-8+. The zero-order valence-corrected chi connectivity index (χ0v) is 8.88. The summed E-state index contributed by atoms with van der Waals surface area (Å²) in [7, 11) is 0. The van der Waals surface area contributed by atoms with Crippen LogP contribution in [0.2, 0.25) is 0 Å². The normalized spacial score (nSPS) is 13.6. The highest BCUT2D eigenvalue weighted by molar-refractivity contribution is 5.41. The average molecular weight is 187 g/mol. The first-order valence-electron chi connectivity index (χ1n) is 4.83. The Bertz CT molecular complexity index is 395. The van der Waals surface area contributed by atoms with E-state index in [9.17, 15) is 0 Å². The number of rotatable bonds is 3. The topological polar surface area (TPSA) is 15.8 Å². The van der Waals surface area contributed by atoms with Crippen molar-refractivity contribution in [3.05, 3.63) is 47.6 Å². The van der Waals surface area contributed by atoms with Gasteiger partial charge in [0.05, 0.1) is 0 Å². The Morgan fingerprint density at radius 2 is 1.86 bits per heavy atom. The van der Waals surface area contributed by atoms with Crippen molar-refractivity contribution in [3.63, 3.8) is 0 Å². The minimum Gasteiger partial charge on any atom is -0.358 e. The SMILES string of the molecule is C=C/C=c1/cc(C(C)C)[nH]/c1=C/C=C. The van der Waals surface area contributed by atoms with Gasteiger partial charge in [-0.15, -0.1) is 0 Å². The van der Waals surface area contributed by atoms with E-state index in [-0.39, 0.29) is 0 Å². The smallest absolute Gasteiger partial charge is 0.0455 e. The summed E-state index contributed by atoms with van der Waals surface area (Å²) < 4.78 is 0. The van der Waals surface area contributed by atoms with E-state index >= 15 is 0 Å². The summed E-state index contributed by atoms with van der Waals surface area (Å²) in [5.74, 6) is 0.513. The molecule has 74 valence electrons. The summed E-state index contributed by atoms with van der Waals surface area (Å²) in [5.41, 5.74) is 1.24. The summed E-state index contributed by atoms with van der Waals surface area (Å²) in [6.45, 7) is 11.7. The molecule has 0 radical (unpaired) electrons. The molecule has 1 N–H and O–H groups in total. The summed E-state index contributed by atoms with van der Waals surface area (Å²) >= 11 is 0. The summed E-state index contributed by atoms with van der Waals surface area (Å²) in [5, 5.41) is 2.27. The number of allylic oxidation sites excluding steroid dienone is 2. The van der Waals surface area contributed by atoms with Crippen molar-refractivity contribution in [1.82, 2.24) is 4.98 Å². The minimum atomic E-state index is 0.513. The van der Waals surface area contributed by atoms with Crippen LogP contribution in [0.15, 0.2) is 31.4 Å². The van der Waals surface area contributed by atoms with Gasteiger partial charge in [0.15, 0.2) is 0 Å². The second-order valence-electron chi connectivity index (χ2n) is 3.55. The first-order valence-corrected chi connectivity index (χ1v) is 4.83. The molecule has 0 atom stereocenters. The van der Waals surface area contributed by atoms with E-state index in [1.54, 1.807) is 12.2 Å². The van der Waals surface area contributed by atoms with E-state index in [0.29, 0.717) is 5.92 Å². The zero-order chi connectivity index (χ0) is 10.6. The monoisotopic (exact) mass is 187 g/mol. The van der Waals surface area contributed by atoms with Crippen molar-refractivity contribution in [3.8, 4) is 0 Å². The highest BCUT2D eigenvalue weighted by atomic mass is 14.7. The molecule has 1 aromatic rings. The Labute approximate surface area is 85.2 Å². The Hall–Kier alpha value is -1.50. The van der Waals surface area contributed by atoms with Crippen LogP contribution in [0.3, 0.4) is 0 Å². The Balaban J connectivity index is 3.41. The van der Waals surface area contributed by atoms with Gasteiger partial charge in [0.2, 0.25) is 0 Å². The van der Waals surface area contributed by atoms with E-state index in [1.807, 2.05) is 12.2 Å². The van der Waals surface area contributed by atoms with Gasteiger partial charge in [-0.1, -0.05) is 45.2 Å². The molecule has 0 saturated carbocycles. The molecule has 1 heterocycles. The Morgan fingerprint density at radius 3 is 2.36 bits per heavy atom. The molecule has 0 amide bonds. The van der Waals surface area contributed by atoms with Crippen LogP contribution < -0.4 is 10.6 Å². The van der Waals surface area contributed by atoms with Gasteiger partial charge in [0.1, 0.15) is 0 Å². The number of hydrogen-bond acceptors (Lipinski definition) is 0. The van der Waals surface area contributed by atoms with Crippen molar-refractivity contribution in [2.45, 2.75) is 19.8 Å². The summed E-state index contributed by atoms with van der Waals surface area (Å²) in [6, 6.07) is 2.15. The van der Waals surface area contributed by atoms with Crippen molar-refractivity contribution in [1.29, 1.82) is 0 Å². The maximum absolute atomic E-state index is 3.70. The molecule has 1 heteroatoms. The molecular weight excluding hydrogens is 170 g/mol. The predicted molar refractivity (Wildman–Crippen MR) is 63.5 cm³/mol. The molecule has 1 nitrogen and oxygen atoms in total. The van der Waals surface area contributed by atoms with Crippen LogP contribution in [0.25, 0.3) is 12.2 Å². The van der Waals surface area contributed by atoms with E-state index in [4.69, 9.17) is 0 Å². The lowest BCUT2D eigenvalue weighted by Crippen LogP contribution is -2.21. The average Bonchev–Trinajstić information content (AvgIpc) is 2.50. The first-order chi connectivity index (χ1) is 6.69. The van der Waals surface area contributed by atoms with Gasteiger partial charge in [-0.05, 0) is 23.3 Å². The fraction of sp³-hybridized carbons (Fsp3) is 0.231. The largest absolute Gasteiger partial charge is 0.358 e. The van der Waals surface area contributed by atoms with Gasteiger partial charge in [-0.2, -0.15) is 0 Å². The van der Waals surface area contributed by atoms with Gasteiger partial charge < -0.3 is 4.98 Å². The molecule has 0 fully saturated rings. The minimum absolute atomic E-state index is 0.513. The fourth-order valence-corrected chi connectivity index (χ4v) is 1.34. The quantitative estimate of drug-likeness (QED) is 0.745. The van der Waals surface area contributed by atoms with E-state index < -0.39 is 0 Å². The number of hydrogen-bond donors (Lipinski definition) is 1. The number of aromatic amines is 1. The predicted octanol–water partition coefficient (Wildman–Crippen LogP) is 2.07. The van der Waals surface area contributed by atoms with Crippen LogP contribution in [0.5, 0.6) is 0 Å². The Kier molecular flexibility index (Phi) is 3.52. The van der Waals surface area contributed by atoms with E-state index in [2.05, 4.69) is 38.1 Å². The second kappa shape index (κ2) is 4.66. The molecule has 0 aliphatic heterocycles. The molecular formula is C13H17N. The van der Waals surface area contributed by atoms with Gasteiger partial charge in [0.25, 0.3) is 0 Å². The fourth-order valence-electron chi connectivity index (χ4n) is 1.34. The molecule has 0 spiro atoms. The third kappa shape index (κ3) is 2.25. The van der Waals surface area contributed by atoms with E-state index in [0.717, 1.165) is 5.35 Å². The third-order valence-corrected chi connectivity index (χ3v) is 2.10. The maximum atomic E-state index is 3.70. The van der Waals surface area contributed by atoms with Crippen LogP contribution >= 0.6 is 0 Å². The highest BCUT2D eigenvalue weighted by Crippen LogP contribution is 2.06. The van der Waals surface area contributed by atoms with Crippen molar-refractivity contribution in [2.24, 2.45) is 0 Å². The molecule has 14 heavy (non-hydrogen) atoms. The summed E-state index contributed by atoms with van der Waals surface area (Å²) in [6.07, 6.45) is 7.56. The molecule has 0 saturated heterocycles. The van der Waals surface area contributed by atoms with Gasteiger partial charge in [-0.3, -0.25) is 0 Å². The number of aromatic nitrogens is 1. The lowest BCUT2D eigenvalue weighted by atomic mass is 10.1. The lowest BCUT2D eigenvalue weighted by Gasteiger charge is -1.97. The van der Waals surface area contributed by atoms with Crippen LogP contribution in [0.4, 0.5) is 0 Å². The maximum Gasteiger partial charge on any atom is 0.0455 e. The molecule has 1 aromatic heterocycles. The van der Waals surface area contributed by atoms with Gasteiger partial charge in [-0.25, -0.2) is 0 Å². The van der Waals surface area contributed by atoms with Crippen molar-refractivity contribution < 1.29 is 0 Å². The van der Waals surface area contributed by atoms with Crippen LogP contribution in [0, 0.1) is 0 Å². The zero-order valence-electron chi connectivity index (χ0n) is 8.88. The molecule has 0 aromatic carbocycles. The second-order valence-corrected chi connectivity index (χ2v) is 3.55. The third-order valence-electron chi connectivity index (χ3n) is 2.10. The van der Waals surface area contributed by atoms with Crippen molar-refractivity contribution in [2.75, 3.05) is 0 Å². The summed E-state index contributed by atoms with van der Waals surface area (Å²) in [4.78, 5) is 3.36. The van der Waals surface area contributed by atoms with Crippen LogP contribution in [0.1, 0.15) is 25.5 Å². The molecule has 1 rings (SSSR count). The van der Waals surface area contributed by atoms with Gasteiger partial charge >= 0.3 is 0 Å². The first kappa shape index (κ1) is 10.6. The lowest BCUT2D eigenvalue weighted by molar-refractivity contribution is 0.829. The van der Waals surface area contributed by atoms with Crippen molar-refractivity contribution >= 4 is 12.2 Å². The molecule has 0 bridgehead atoms.